The maximum atomic E-state index is 12.8. The lowest BCUT2D eigenvalue weighted by atomic mass is 9.97. The summed E-state index contributed by atoms with van der Waals surface area (Å²) in [5.74, 6) is 0.0344. The van der Waals surface area contributed by atoms with Gasteiger partial charge in [0.2, 0.25) is 0 Å². The normalized spacial score (nSPS) is 12.7. The van der Waals surface area contributed by atoms with Crippen LogP contribution in [0.5, 0.6) is 0 Å². The molecule has 8 heteroatoms. The molecule has 108 valence electrons. The smallest absolute Gasteiger partial charge is 0.348 e. The van der Waals surface area contributed by atoms with Gasteiger partial charge in [0.25, 0.3) is 0 Å². The third kappa shape index (κ3) is 2.94. The number of rotatable bonds is 2. The summed E-state index contributed by atoms with van der Waals surface area (Å²) in [6, 6.07) is 2.01. The quantitative estimate of drug-likeness (QED) is 0.832. The van der Waals surface area contributed by atoms with E-state index in [9.17, 15) is 26.3 Å². The molecule has 0 aliphatic heterocycles. The monoisotopic (exact) mass is 294 g/mol. The molecule has 1 heterocycles. The van der Waals surface area contributed by atoms with Gasteiger partial charge in [0.05, 0.1) is 11.1 Å². The van der Waals surface area contributed by atoms with E-state index in [0.29, 0.717) is 12.1 Å². The van der Waals surface area contributed by atoms with Crippen molar-refractivity contribution in [2.24, 2.45) is 0 Å². The summed E-state index contributed by atoms with van der Waals surface area (Å²) >= 11 is 0. The summed E-state index contributed by atoms with van der Waals surface area (Å²) in [7, 11) is 0. The first-order chi connectivity index (χ1) is 9.19. The molecule has 0 fully saturated rings. The van der Waals surface area contributed by atoms with Crippen molar-refractivity contribution in [1.82, 2.24) is 9.97 Å². The number of H-pyrrole nitrogens is 1. The SMILES string of the molecule is FC(F)(F)c1cccc(C(F)(F)F)c1Cc1ncc[nH]1. The third-order valence-corrected chi connectivity index (χ3v) is 2.69. The molecule has 1 aromatic carbocycles. The van der Waals surface area contributed by atoms with Gasteiger partial charge in [0.15, 0.2) is 0 Å². The van der Waals surface area contributed by atoms with Crippen LogP contribution in [0.25, 0.3) is 0 Å². The largest absolute Gasteiger partial charge is 0.416 e. The number of aromatic amines is 1. The van der Waals surface area contributed by atoms with Gasteiger partial charge in [-0.2, -0.15) is 26.3 Å². The number of nitrogens with one attached hydrogen (secondary N) is 1. The molecule has 0 saturated heterocycles. The molecule has 0 amide bonds. The average Bonchev–Trinajstić information content (AvgIpc) is 2.79. The van der Waals surface area contributed by atoms with Crippen molar-refractivity contribution < 1.29 is 26.3 Å². The van der Waals surface area contributed by atoms with Crippen LogP contribution < -0.4 is 0 Å². The topological polar surface area (TPSA) is 28.7 Å². The summed E-state index contributed by atoms with van der Waals surface area (Å²) in [5.41, 5.74) is -3.44. The van der Waals surface area contributed by atoms with Gasteiger partial charge >= 0.3 is 12.4 Å². The van der Waals surface area contributed by atoms with Crippen LogP contribution >= 0.6 is 0 Å². The number of aromatic nitrogens is 2. The molecule has 1 aromatic heterocycles. The fraction of sp³-hybridized carbons (Fsp3) is 0.250. The van der Waals surface area contributed by atoms with Gasteiger partial charge in [-0.15, -0.1) is 0 Å². The maximum absolute atomic E-state index is 12.8. The molecule has 0 radical (unpaired) electrons. The van der Waals surface area contributed by atoms with E-state index >= 15 is 0 Å². The summed E-state index contributed by atoms with van der Waals surface area (Å²) in [4.78, 5) is 6.16. The highest BCUT2D eigenvalue weighted by Crippen LogP contribution is 2.39. The first-order valence-corrected chi connectivity index (χ1v) is 5.44. The molecular weight excluding hydrogens is 286 g/mol. The average molecular weight is 294 g/mol. The third-order valence-electron chi connectivity index (χ3n) is 2.69. The van der Waals surface area contributed by atoms with Crippen LogP contribution in [0.4, 0.5) is 26.3 Å². The van der Waals surface area contributed by atoms with Crippen LogP contribution in [-0.4, -0.2) is 9.97 Å². The highest BCUT2D eigenvalue weighted by Gasteiger charge is 2.40. The van der Waals surface area contributed by atoms with E-state index in [2.05, 4.69) is 9.97 Å². The molecule has 2 rings (SSSR count). The Balaban J connectivity index is 2.59. The number of nitrogens with zero attached hydrogens (tertiary/aromatic N) is 1. The fourth-order valence-corrected chi connectivity index (χ4v) is 1.87. The molecule has 0 bridgehead atoms. The van der Waals surface area contributed by atoms with Gasteiger partial charge in [-0.1, -0.05) is 6.07 Å². The zero-order chi connectivity index (χ0) is 15.0. The van der Waals surface area contributed by atoms with Crippen molar-refractivity contribution in [3.63, 3.8) is 0 Å². The number of hydrogen-bond acceptors (Lipinski definition) is 1. The Labute approximate surface area is 109 Å². The number of benzene rings is 1. The zero-order valence-corrected chi connectivity index (χ0v) is 9.81. The van der Waals surface area contributed by atoms with E-state index in [1.165, 1.54) is 12.4 Å². The molecule has 0 aliphatic rings. The molecule has 0 saturated carbocycles. The Morgan fingerprint density at radius 2 is 1.50 bits per heavy atom. The highest BCUT2D eigenvalue weighted by atomic mass is 19.4. The lowest BCUT2D eigenvalue weighted by molar-refractivity contribution is -0.144. The van der Waals surface area contributed by atoms with Crippen molar-refractivity contribution in [3.05, 3.63) is 53.1 Å². The summed E-state index contributed by atoms with van der Waals surface area (Å²) < 4.78 is 77.1. The van der Waals surface area contributed by atoms with Gasteiger partial charge in [-0.05, 0) is 17.7 Å². The van der Waals surface area contributed by atoms with Crippen LogP contribution in [0, 0.1) is 0 Å². The Bertz CT molecular complexity index is 551. The minimum atomic E-state index is -4.86. The van der Waals surface area contributed by atoms with Crippen molar-refractivity contribution in [2.45, 2.75) is 18.8 Å². The molecule has 1 N–H and O–H groups in total. The molecule has 0 unspecified atom stereocenters. The van der Waals surface area contributed by atoms with E-state index in [1.54, 1.807) is 0 Å². The van der Waals surface area contributed by atoms with Crippen LogP contribution in [0.1, 0.15) is 22.5 Å². The van der Waals surface area contributed by atoms with Gasteiger partial charge < -0.3 is 4.98 Å². The fourth-order valence-electron chi connectivity index (χ4n) is 1.87. The maximum Gasteiger partial charge on any atom is 0.416 e. The van der Waals surface area contributed by atoms with Gasteiger partial charge in [-0.25, -0.2) is 4.98 Å². The Morgan fingerprint density at radius 1 is 0.950 bits per heavy atom. The Kier molecular flexibility index (Phi) is 3.49. The predicted octanol–water partition coefficient (Wildman–Crippen LogP) is 4.04. The van der Waals surface area contributed by atoms with E-state index in [0.717, 1.165) is 6.07 Å². The van der Waals surface area contributed by atoms with E-state index < -0.39 is 35.5 Å². The van der Waals surface area contributed by atoms with E-state index in [4.69, 9.17) is 0 Å². The van der Waals surface area contributed by atoms with Crippen LogP contribution in [-0.2, 0) is 18.8 Å². The van der Waals surface area contributed by atoms with E-state index in [1.807, 2.05) is 0 Å². The number of alkyl halides is 6. The summed E-state index contributed by atoms with van der Waals surface area (Å²) in [5, 5.41) is 0. The van der Waals surface area contributed by atoms with Crippen LogP contribution in [0.15, 0.2) is 30.6 Å². The molecule has 2 aromatic rings. The van der Waals surface area contributed by atoms with Gasteiger partial charge in [0.1, 0.15) is 5.82 Å². The molecule has 0 spiro atoms. The number of hydrogen-bond donors (Lipinski definition) is 1. The molecule has 0 aliphatic carbocycles. The number of halogens is 6. The standard InChI is InChI=1S/C12H8F6N2/c13-11(14,15)8-2-1-3-9(12(16,17)18)7(8)6-10-19-4-5-20-10/h1-5H,6H2,(H,19,20). The minimum Gasteiger partial charge on any atom is -0.348 e. The van der Waals surface area contributed by atoms with Gasteiger partial charge in [0, 0.05) is 18.8 Å². The summed E-state index contributed by atoms with van der Waals surface area (Å²) in [6.07, 6.45) is -7.69. The lowest BCUT2D eigenvalue weighted by Crippen LogP contribution is -2.17. The summed E-state index contributed by atoms with van der Waals surface area (Å²) in [6.45, 7) is 0. The number of imidazole rings is 1. The minimum absolute atomic E-state index is 0.0344. The Hall–Kier alpha value is -1.99. The second-order valence-corrected chi connectivity index (χ2v) is 4.04. The molecule has 20 heavy (non-hydrogen) atoms. The zero-order valence-electron chi connectivity index (χ0n) is 9.81. The molecule has 0 atom stereocenters. The van der Waals surface area contributed by atoms with Crippen molar-refractivity contribution in [2.75, 3.05) is 0 Å². The van der Waals surface area contributed by atoms with Crippen molar-refractivity contribution in [1.29, 1.82) is 0 Å². The second-order valence-electron chi connectivity index (χ2n) is 4.04. The lowest BCUT2D eigenvalue weighted by Gasteiger charge is -2.18. The molecular formula is C12H8F6N2. The predicted molar refractivity (Wildman–Crippen MR) is 57.8 cm³/mol. The van der Waals surface area contributed by atoms with Crippen molar-refractivity contribution >= 4 is 0 Å². The van der Waals surface area contributed by atoms with Crippen molar-refractivity contribution in [3.8, 4) is 0 Å². The second kappa shape index (κ2) is 4.84. The Morgan fingerprint density at radius 3 is 1.90 bits per heavy atom. The first kappa shape index (κ1) is 14.4. The first-order valence-electron chi connectivity index (χ1n) is 5.44. The highest BCUT2D eigenvalue weighted by molar-refractivity contribution is 5.40. The van der Waals surface area contributed by atoms with Gasteiger partial charge in [-0.3, -0.25) is 0 Å². The van der Waals surface area contributed by atoms with Crippen LogP contribution in [0.3, 0.4) is 0 Å². The van der Waals surface area contributed by atoms with E-state index in [-0.39, 0.29) is 5.82 Å². The van der Waals surface area contributed by atoms with Crippen LogP contribution in [0.2, 0.25) is 0 Å². The molecule has 2 nitrogen and oxygen atoms in total.